The van der Waals surface area contributed by atoms with E-state index in [-0.39, 0.29) is 29.9 Å². The summed E-state index contributed by atoms with van der Waals surface area (Å²) >= 11 is 0. The highest BCUT2D eigenvalue weighted by molar-refractivity contribution is 5.94. The molecule has 0 spiro atoms. The second kappa shape index (κ2) is 5.56. The SMILES string of the molecule is O=C1CC(c2cccc(F)c2)c2ncn(-c3cccc(F)c3)c2N1. The number of nitrogens with one attached hydrogen (secondary N) is 1. The van der Waals surface area contributed by atoms with Gasteiger partial charge in [-0.3, -0.25) is 9.36 Å². The Morgan fingerprint density at radius 2 is 1.83 bits per heavy atom. The molecule has 3 aromatic rings. The van der Waals surface area contributed by atoms with Crippen molar-refractivity contribution in [3.63, 3.8) is 0 Å². The third-order valence-electron chi connectivity index (χ3n) is 4.11. The van der Waals surface area contributed by atoms with E-state index in [0.29, 0.717) is 22.8 Å². The molecule has 4 nitrogen and oxygen atoms in total. The Labute approximate surface area is 136 Å². The molecule has 1 aliphatic heterocycles. The highest BCUT2D eigenvalue weighted by Crippen LogP contribution is 2.37. The Balaban J connectivity index is 1.83. The molecule has 1 amide bonds. The van der Waals surface area contributed by atoms with Gasteiger partial charge in [0.15, 0.2) is 0 Å². The minimum atomic E-state index is -0.376. The number of amides is 1. The van der Waals surface area contributed by atoms with Crippen LogP contribution in [-0.4, -0.2) is 15.5 Å². The van der Waals surface area contributed by atoms with Gasteiger partial charge < -0.3 is 5.32 Å². The fourth-order valence-electron chi connectivity index (χ4n) is 3.03. The molecule has 0 radical (unpaired) electrons. The van der Waals surface area contributed by atoms with E-state index < -0.39 is 0 Å². The summed E-state index contributed by atoms with van der Waals surface area (Å²) in [6.45, 7) is 0. The molecule has 6 heteroatoms. The summed E-state index contributed by atoms with van der Waals surface area (Å²) in [6, 6.07) is 12.2. The zero-order valence-electron chi connectivity index (χ0n) is 12.5. The van der Waals surface area contributed by atoms with Gasteiger partial charge in [0.05, 0.1) is 11.4 Å². The molecule has 4 rings (SSSR count). The minimum absolute atomic E-state index is 0.185. The van der Waals surface area contributed by atoms with E-state index in [9.17, 15) is 13.6 Å². The van der Waals surface area contributed by atoms with Crippen LogP contribution in [0.3, 0.4) is 0 Å². The average molecular weight is 325 g/mol. The van der Waals surface area contributed by atoms with Crippen molar-refractivity contribution in [2.45, 2.75) is 12.3 Å². The highest BCUT2D eigenvalue weighted by Gasteiger charge is 2.31. The summed E-state index contributed by atoms with van der Waals surface area (Å²) in [7, 11) is 0. The first-order valence-electron chi connectivity index (χ1n) is 7.50. The molecule has 0 saturated heterocycles. The lowest BCUT2D eigenvalue weighted by Crippen LogP contribution is -2.25. The molecule has 0 bridgehead atoms. The smallest absolute Gasteiger partial charge is 0.226 e. The molecular formula is C18H13F2N3O. The number of rotatable bonds is 2. The van der Waals surface area contributed by atoms with E-state index in [4.69, 9.17) is 0 Å². The number of imidazole rings is 1. The topological polar surface area (TPSA) is 46.9 Å². The Morgan fingerprint density at radius 1 is 1.08 bits per heavy atom. The standard InChI is InChI=1S/C18H13F2N3O/c19-12-4-1-3-11(7-12)15-9-16(24)22-18-17(15)21-10-23(18)14-6-2-5-13(20)8-14/h1-8,10,15H,9H2,(H,22,24). The molecule has 24 heavy (non-hydrogen) atoms. The van der Waals surface area contributed by atoms with Crippen LogP contribution >= 0.6 is 0 Å². The Bertz CT molecular complexity index is 936. The first-order chi connectivity index (χ1) is 11.6. The summed E-state index contributed by atoms with van der Waals surface area (Å²) in [4.78, 5) is 16.5. The van der Waals surface area contributed by atoms with Crippen molar-refractivity contribution in [3.05, 3.63) is 77.8 Å². The summed E-state index contributed by atoms with van der Waals surface area (Å²) in [5.41, 5.74) is 1.89. The Morgan fingerprint density at radius 3 is 2.58 bits per heavy atom. The van der Waals surface area contributed by atoms with Crippen LogP contribution in [0.2, 0.25) is 0 Å². The van der Waals surface area contributed by atoms with Crippen LogP contribution in [0.5, 0.6) is 0 Å². The van der Waals surface area contributed by atoms with Gasteiger partial charge >= 0.3 is 0 Å². The summed E-state index contributed by atoms with van der Waals surface area (Å²) in [6.07, 6.45) is 1.73. The summed E-state index contributed by atoms with van der Waals surface area (Å²) < 4.78 is 28.7. The molecule has 1 aromatic heterocycles. The molecule has 1 N–H and O–H groups in total. The maximum absolute atomic E-state index is 13.5. The van der Waals surface area contributed by atoms with E-state index in [1.165, 1.54) is 30.6 Å². The molecule has 2 heterocycles. The average Bonchev–Trinajstić information content (AvgIpc) is 2.97. The molecule has 2 aromatic carbocycles. The number of benzene rings is 2. The van der Waals surface area contributed by atoms with Gasteiger partial charge in [-0.2, -0.15) is 0 Å². The van der Waals surface area contributed by atoms with Crippen molar-refractivity contribution in [2.24, 2.45) is 0 Å². The fourth-order valence-corrected chi connectivity index (χ4v) is 3.03. The van der Waals surface area contributed by atoms with Crippen LogP contribution in [0, 0.1) is 11.6 Å². The number of halogens is 2. The fraction of sp³-hybridized carbons (Fsp3) is 0.111. The lowest BCUT2D eigenvalue weighted by atomic mass is 9.90. The van der Waals surface area contributed by atoms with Gasteiger partial charge in [-0.25, -0.2) is 13.8 Å². The number of anilines is 1. The molecule has 0 aliphatic carbocycles. The van der Waals surface area contributed by atoms with E-state index in [1.54, 1.807) is 28.8 Å². The number of carbonyl (C=O) groups is 1. The first kappa shape index (κ1) is 14.6. The normalized spacial score (nSPS) is 16.6. The van der Waals surface area contributed by atoms with Crippen molar-refractivity contribution in [3.8, 4) is 5.69 Å². The number of fused-ring (bicyclic) bond motifs is 1. The molecule has 0 fully saturated rings. The van der Waals surface area contributed by atoms with Gasteiger partial charge in [0.25, 0.3) is 0 Å². The zero-order chi connectivity index (χ0) is 16.7. The van der Waals surface area contributed by atoms with Crippen LogP contribution in [0.25, 0.3) is 5.69 Å². The van der Waals surface area contributed by atoms with E-state index in [1.807, 2.05) is 0 Å². The van der Waals surface area contributed by atoms with Gasteiger partial charge in [-0.1, -0.05) is 18.2 Å². The quantitative estimate of drug-likeness (QED) is 0.782. The predicted molar refractivity (Wildman–Crippen MR) is 85.0 cm³/mol. The lowest BCUT2D eigenvalue weighted by Gasteiger charge is -2.23. The third-order valence-corrected chi connectivity index (χ3v) is 4.11. The molecular weight excluding hydrogens is 312 g/mol. The lowest BCUT2D eigenvalue weighted by molar-refractivity contribution is -0.116. The van der Waals surface area contributed by atoms with Gasteiger partial charge in [-0.15, -0.1) is 0 Å². The molecule has 1 unspecified atom stereocenters. The van der Waals surface area contributed by atoms with Gasteiger partial charge in [0, 0.05) is 12.3 Å². The first-order valence-corrected chi connectivity index (χ1v) is 7.50. The Hall–Kier alpha value is -3.02. The number of hydrogen-bond donors (Lipinski definition) is 1. The van der Waals surface area contributed by atoms with Crippen LogP contribution in [0.1, 0.15) is 23.6 Å². The van der Waals surface area contributed by atoms with E-state index in [0.717, 1.165) is 0 Å². The van der Waals surface area contributed by atoms with Crippen molar-refractivity contribution >= 4 is 11.7 Å². The molecule has 120 valence electrons. The summed E-state index contributed by atoms with van der Waals surface area (Å²) in [5.74, 6) is -0.761. The zero-order valence-corrected chi connectivity index (χ0v) is 12.5. The van der Waals surface area contributed by atoms with Crippen molar-refractivity contribution in [1.29, 1.82) is 0 Å². The predicted octanol–water partition coefficient (Wildman–Crippen LogP) is 3.62. The second-order valence-corrected chi connectivity index (χ2v) is 5.69. The third kappa shape index (κ3) is 2.46. The van der Waals surface area contributed by atoms with Crippen LogP contribution in [0.4, 0.5) is 14.6 Å². The van der Waals surface area contributed by atoms with Gasteiger partial charge in [0.1, 0.15) is 23.8 Å². The maximum Gasteiger partial charge on any atom is 0.226 e. The summed E-state index contributed by atoms with van der Waals surface area (Å²) in [5, 5.41) is 2.79. The second-order valence-electron chi connectivity index (χ2n) is 5.69. The Kier molecular flexibility index (Phi) is 3.37. The molecule has 1 aliphatic rings. The number of carbonyl (C=O) groups excluding carboxylic acids is 1. The highest BCUT2D eigenvalue weighted by atomic mass is 19.1. The van der Waals surface area contributed by atoms with Crippen LogP contribution < -0.4 is 5.32 Å². The van der Waals surface area contributed by atoms with Crippen molar-refractivity contribution < 1.29 is 13.6 Å². The van der Waals surface area contributed by atoms with Crippen LogP contribution in [0.15, 0.2) is 54.9 Å². The minimum Gasteiger partial charge on any atom is -0.310 e. The van der Waals surface area contributed by atoms with Gasteiger partial charge in [-0.05, 0) is 35.9 Å². The number of nitrogens with zero attached hydrogens (tertiary/aromatic N) is 2. The number of aromatic nitrogens is 2. The van der Waals surface area contributed by atoms with E-state index >= 15 is 0 Å². The number of hydrogen-bond acceptors (Lipinski definition) is 2. The van der Waals surface area contributed by atoms with Gasteiger partial charge in [0.2, 0.25) is 5.91 Å². The molecule has 1 atom stereocenters. The largest absolute Gasteiger partial charge is 0.310 e. The molecule has 0 saturated carbocycles. The van der Waals surface area contributed by atoms with Crippen molar-refractivity contribution in [2.75, 3.05) is 5.32 Å². The maximum atomic E-state index is 13.5. The monoisotopic (exact) mass is 325 g/mol. The van der Waals surface area contributed by atoms with Crippen molar-refractivity contribution in [1.82, 2.24) is 9.55 Å². The van der Waals surface area contributed by atoms with E-state index in [2.05, 4.69) is 10.3 Å². The van der Waals surface area contributed by atoms with Crippen LogP contribution in [-0.2, 0) is 4.79 Å².